The average molecular weight is 278 g/mol. The second-order valence-corrected chi connectivity index (χ2v) is 4.94. The summed E-state index contributed by atoms with van der Waals surface area (Å²) < 4.78 is 5.01. The van der Waals surface area contributed by atoms with Crippen molar-refractivity contribution in [3.8, 4) is 0 Å². The Morgan fingerprint density at radius 3 is 3.00 bits per heavy atom. The Bertz CT molecular complexity index is 504. The Kier molecular flexibility index (Phi) is 4.68. The number of ether oxygens (including phenoxy) is 1. The van der Waals surface area contributed by atoms with E-state index >= 15 is 0 Å². The van der Waals surface area contributed by atoms with E-state index in [0.29, 0.717) is 31.6 Å². The first-order valence-corrected chi connectivity index (χ1v) is 6.56. The normalized spacial score (nSPS) is 18.9. The summed E-state index contributed by atoms with van der Waals surface area (Å²) in [5.41, 5.74) is 1.30. The lowest BCUT2D eigenvalue weighted by Gasteiger charge is -2.30. The average Bonchev–Trinajstić information content (AvgIpc) is 2.47. The quantitative estimate of drug-likeness (QED) is 0.894. The van der Waals surface area contributed by atoms with E-state index in [4.69, 9.17) is 9.84 Å². The van der Waals surface area contributed by atoms with Crippen LogP contribution in [-0.2, 0) is 16.1 Å². The third kappa shape index (κ3) is 3.33. The van der Waals surface area contributed by atoms with Crippen LogP contribution >= 0.6 is 0 Å². The lowest BCUT2D eigenvalue weighted by Crippen LogP contribution is -2.42. The van der Waals surface area contributed by atoms with Crippen molar-refractivity contribution >= 4 is 11.9 Å². The molecule has 1 atom stereocenters. The van der Waals surface area contributed by atoms with Gasteiger partial charge in [0.25, 0.3) is 5.91 Å². The van der Waals surface area contributed by atoms with Crippen LogP contribution in [0, 0.1) is 5.92 Å². The summed E-state index contributed by atoms with van der Waals surface area (Å²) >= 11 is 0. The van der Waals surface area contributed by atoms with Gasteiger partial charge in [-0.3, -0.25) is 14.6 Å². The van der Waals surface area contributed by atoms with Crippen LogP contribution in [0.25, 0.3) is 0 Å². The highest BCUT2D eigenvalue weighted by Crippen LogP contribution is 2.19. The molecule has 2 rings (SSSR count). The number of likely N-dealkylation sites (tertiary alicyclic amines) is 1. The molecular weight excluding hydrogens is 260 g/mol. The first-order valence-electron chi connectivity index (χ1n) is 6.56. The number of hydrogen-bond acceptors (Lipinski definition) is 4. The van der Waals surface area contributed by atoms with E-state index in [1.54, 1.807) is 24.3 Å². The Morgan fingerprint density at radius 1 is 1.50 bits per heavy atom. The van der Waals surface area contributed by atoms with Gasteiger partial charge in [0.2, 0.25) is 0 Å². The fourth-order valence-corrected chi connectivity index (χ4v) is 2.40. The number of hydrogen-bond donors (Lipinski definition) is 1. The monoisotopic (exact) mass is 278 g/mol. The number of methoxy groups -OCH3 is 1. The predicted octanol–water partition coefficient (Wildman–Crippen LogP) is 1.16. The molecule has 0 aromatic carbocycles. The molecular formula is C14H18N2O4. The van der Waals surface area contributed by atoms with Crippen LogP contribution in [0.1, 0.15) is 28.8 Å². The summed E-state index contributed by atoms with van der Waals surface area (Å²) in [4.78, 5) is 29.0. The fraction of sp³-hybridized carbons (Fsp3) is 0.500. The fourth-order valence-electron chi connectivity index (χ4n) is 2.40. The van der Waals surface area contributed by atoms with E-state index in [-0.39, 0.29) is 12.5 Å². The van der Waals surface area contributed by atoms with Crippen molar-refractivity contribution in [2.24, 2.45) is 5.92 Å². The minimum atomic E-state index is -0.839. The molecule has 1 unspecified atom stereocenters. The van der Waals surface area contributed by atoms with Gasteiger partial charge in [0.1, 0.15) is 0 Å². The Labute approximate surface area is 117 Å². The number of carbonyl (C=O) groups excluding carboxylic acids is 1. The highest BCUT2D eigenvalue weighted by atomic mass is 16.5. The summed E-state index contributed by atoms with van der Waals surface area (Å²) in [6, 6.07) is 1.74. The zero-order chi connectivity index (χ0) is 14.5. The zero-order valence-corrected chi connectivity index (χ0v) is 11.4. The number of amides is 1. The summed E-state index contributed by atoms with van der Waals surface area (Å²) in [7, 11) is 1.58. The third-order valence-corrected chi connectivity index (χ3v) is 3.41. The molecule has 2 heterocycles. The molecule has 0 radical (unpaired) electrons. The van der Waals surface area contributed by atoms with Crippen LogP contribution in [0.5, 0.6) is 0 Å². The van der Waals surface area contributed by atoms with Crippen molar-refractivity contribution in [3.05, 3.63) is 29.6 Å². The molecule has 1 aromatic rings. The van der Waals surface area contributed by atoms with Crippen LogP contribution in [0.15, 0.2) is 18.5 Å². The smallest absolute Gasteiger partial charge is 0.308 e. The molecule has 1 fully saturated rings. The van der Waals surface area contributed by atoms with E-state index in [1.807, 2.05) is 0 Å². The molecule has 0 bridgehead atoms. The van der Waals surface area contributed by atoms with Gasteiger partial charge in [0, 0.05) is 32.6 Å². The number of rotatable bonds is 4. The second kappa shape index (κ2) is 6.47. The molecule has 6 heteroatoms. The number of piperidine rings is 1. The minimum absolute atomic E-state index is 0.165. The van der Waals surface area contributed by atoms with Gasteiger partial charge in [0.05, 0.1) is 18.1 Å². The molecule has 1 saturated heterocycles. The first kappa shape index (κ1) is 14.5. The topological polar surface area (TPSA) is 79.7 Å². The second-order valence-electron chi connectivity index (χ2n) is 4.94. The highest BCUT2D eigenvalue weighted by Gasteiger charge is 2.28. The van der Waals surface area contributed by atoms with Gasteiger partial charge in [-0.25, -0.2) is 0 Å². The molecule has 20 heavy (non-hydrogen) atoms. The molecule has 1 N–H and O–H groups in total. The van der Waals surface area contributed by atoms with E-state index in [9.17, 15) is 9.59 Å². The van der Waals surface area contributed by atoms with E-state index < -0.39 is 11.9 Å². The maximum absolute atomic E-state index is 12.4. The molecule has 0 aliphatic carbocycles. The van der Waals surface area contributed by atoms with Gasteiger partial charge in [0.15, 0.2) is 0 Å². The minimum Gasteiger partial charge on any atom is -0.481 e. The third-order valence-electron chi connectivity index (χ3n) is 3.41. The van der Waals surface area contributed by atoms with E-state index in [1.165, 1.54) is 6.20 Å². The van der Waals surface area contributed by atoms with Crippen molar-refractivity contribution in [2.45, 2.75) is 19.4 Å². The van der Waals surface area contributed by atoms with Gasteiger partial charge in [-0.2, -0.15) is 0 Å². The standard InChI is InChI=1S/C14H18N2O4/c1-20-9-10-5-12(7-15-6-10)13(17)16-4-2-3-11(8-16)14(18)19/h5-7,11H,2-4,8-9H2,1H3,(H,18,19). The Hall–Kier alpha value is -1.95. The van der Waals surface area contributed by atoms with Gasteiger partial charge < -0.3 is 14.7 Å². The molecule has 1 aliphatic heterocycles. The summed E-state index contributed by atoms with van der Waals surface area (Å²) in [6.07, 6.45) is 4.50. The van der Waals surface area contributed by atoms with Crippen LogP contribution in [-0.4, -0.2) is 47.1 Å². The maximum Gasteiger partial charge on any atom is 0.308 e. The van der Waals surface area contributed by atoms with Crippen molar-refractivity contribution < 1.29 is 19.4 Å². The highest BCUT2D eigenvalue weighted by molar-refractivity contribution is 5.94. The lowest BCUT2D eigenvalue weighted by atomic mass is 9.97. The summed E-state index contributed by atoms with van der Waals surface area (Å²) in [5.74, 6) is -1.47. The zero-order valence-electron chi connectivity index (χ0n) is 11.4. The molecule has 0 spiro atoms. The lowest BCUT2D eigenvalue weighted by molar-refractivity contribution is -0.143. The van der Waals surface area contributed by atoms with Gasteiger partial charge in [-0.05, 0) is 24.5 Å². The van der Waals surface area contributed by atoms with Crippen molar-refractivity contribution in [1.82, 2.24) is 9.88 Å². The molecule has 1 aromatic heterocycles. The number of carboxylic acids is 1. The van der Waals surface area contributed by atoms with Crippen LogP contribution in [0.3, 0.4) is 0 Å². The van der Waals surface area contributed by atoms with Gasteiger partial charge >= 0.3 is 5.97 Å². The molecule has 1 aliphatic rings. The molecule has 6 nitrogen and oxygen atoms in total. The molecule has 0 saturated carbocycles. The maximum atomic E-state index is 12.4. The van der Waals surface area contributed by atoms with Gasteiger partial charge in [-0.1, -0.05) is 0 Å². The first-order chi connectivity index (χ1) is 9.61. The van der Waals surface area contributed by atoms with Gasteiger partial charge in [-0.15, -0.1) is 0 Å². The van der Waals surface area contributed by atoms with Crippen LogP contribution in [0.4, 0.5) is 0 Å². The van der Waals surface area contributed by atoms with Crippen molar-refractivity contribution in [3.63, 3.8) is 0 Å². The van der Waals surface area contributed by atoms with E-state index in [2.05, 4.69) is 4.98 Å². The largest absolute Gasteiger partial charge is 0.481 e. The summed E-state index contributed by atoms with van der Waals surface area (Å²) in [6.45, 7) is 1.26. The Balaban J connectivity index is 2.10. The van der Waals surface area contributed by atoms with Crippen molar-refractivity contribution in [1.29, 1.82) is 0 Å². The number of carboxylic acid groups (broad SMARTS) is 1. The number of pyridine rings is 1. The van der Waals surface area contributed by atoms with Crippen LogP contribution < -0.4 is 0 Å². The predicted molar refractivity (Wildman–Crippen MR) is 71.2 cm³/mol. The number of aromatic nitrogens is 1. The van der Waals surface area contributed by atoms with Crippen molar-refractivity contribution in [2.75, 3.05) is 20.2 Å². The van der Waals surface area contributed by atoms with E-state index in [0.717, 1.165) is 5.56 Å². The molecule has 108 valence electrons. The number of carbonyl (C=O) groups is 2. The van der Waals surface area contributed by atoms with Crippen LogP contribution in [0.2, 0.25) is 0 Å². The molecule has 1 amide bonds. The number of aliphatic carboxylic acids is 1. The SMILES string of the molecule is COCc1cncc(C(=O)N2CCCC(C(=O)O)C2)c1. The Morgan fingerprint density at radius 2 is 2.30 bits per heavy atom. The summed E-state index contributed by atoms with van der Waals surface area (Å²) in [5, 5.41) is 9.06. The number of nitrogens with zero attached hydrogens (tertiary/aromatic N) is 2.